The summed E-state index contributed by atoms with van der Waals surface area (Å²) in [5.74, 6) is 1.74. The monoisotopic (exact) mass is 355 g/mol. The Hall–Kier alpha value is -2.53. The third-order valence-electron chi connectivity index (χ3n) is 4.76. The number of hydrogen-bond donors (Lipinski definition) is 1. The number of carbonyl (C=O) groups excluding carboxylic acids is 1. The minimum absolute atomic E-state index is 0.187. The summed E-state index contributed by atoms with van der Waals surface area (Å²) >= 11 is 0. The number of aliphatic hydroxyl groups excluding tert-OH is 1. The van der Waals surface area contributed by atoms with Gasteiger partial charge in [0, 0.05) is 25.6 Å². The van der Waals surface area contributed by atoms with Gasteiger partial charge in [-0.05, 0) is 35.6 Å². The molecule has 1 fully saturated rings. The molecule has 1 amide bonds. The van der Waals surface area contributed by atoms with Crippen molar-refractivity contribution in [3.05, 3.63) is 59.7 Å². The molecular weight excluding hydrogens is 330 g/mol. The van der Waals surface area contributed by atoms with Gasteiger partial charge in [0.15, 0.2) is 0 Å². The zero-order valence-corrected chi connectivity index (χ0v) is 15.2. The predicted molar refractivity (Wildman–Crippen MR) is 99.5 cm³/mol. The molecule has 0 aromatic heterocycles. The summed E-state index contributed by atoms with van der Waals surface area (Å²) in [6.07, 6.45) is 0.232. The average molecular weight is 355 g/mol. The predicted octanol–water partition coefficient (Wildman–Crippen LogP) is 2.31. The summed E-state index contributed by atoms with van der Waals surface area (Å²) < 4.78 is 10.6. The number of nitrogens with zero attached hydrogens (tertiary/aromatic N) is 1. The van der Waals surface area contributed by atoms with Crippen LogP contribution in [0.3, 0.4) is 0 Å². The van der Waals surface area contributed by atoms with Crippen LogP contribution in [-0.2, 0) is 17.6 Å². The highest BCUT2D eigenvalue weighted by Crippen LogP contribution is 2.27. The molecule has 0 aliphatic carbocycles. The zero-order chi connectivity index (χ0) is 18.5. The highest BCUT2D eigenvalue weighted by Gasteiger charge is 2.33. The number of hydrogen-bond acceptors (Lipinski definition) is 4. The summed E-state index contributed by atoms with van der Waals surface area (Å²) in [7, 11) is 3.27. The Bertz CT molecular complexity index is 719. The van der Waals surface area contributed by atoms with Crippen LogP contribution in [0.1, 0.15) is 11.1 Å². The van der Waals surface area contributed by atoms with E-state index in [-0.39, 0.29) is 5.91 Å². The van der Waals surface area contributed by atoms with E-state index in [1.807, 2.05) is 48.5 Å². The van der Waals surface area contributed by atoms with Crippen molar-refractivity contribution < 1.29 is 19.4 Å². The maximum atomic E-state index is 12.4. The van der Waals surface area contributed by atoms with Gasteiger partial charge >= 0.3 is 0 Å². The van der Waals surface area contributed by atoms with E-state index in [1.54, 1.807) is 19.1 Å². The Morgan fingerprint density at radius 2 is 1.69 bits per heavy atom. The fourth-order valence-corrected chi connectivity index (χ4v) is 3.33. The largest absolute Gasteiger partial charge is 0.497 e. The van der Waals surface area contributed by atoms with Crippen LogP contribution in [-0.4, -0.2) is 49.3 Å². The van der Waals surface area contributed by atoms with Crippen LogP contribution in [0.5, 0.6) is 11.5 Å². The molecule has 1 N–H and O–H groups in total. The Kier molecular flexibility index (Phi) is 5.78. The number of aliphatic hydroxyl groups is 1. The van der Waals surface area contributed by atoms with Crippen molar-refractivity contribution in [2.75, 3.05) is 27.3 Å². The number of methoxy groups -OCH3 is 2. The molecule has 26 heavy (non-hydrogen) atoms. The molecule has 5 heteroatoms. The van der Waals surface area contributed by atoms with Crippen LogP contribution >= 0.6 is 0 Å². The lowest BCUT2D eigenvalue weighted by Crippen LogP contribution is -2.54. The smallest absolute Gasteiger partial charge is 0.251 e. The summed E-state index contributed by atoms with van der Waals surface area (Å²) in [6, 6.07) is 15.4. The van der Waals surface area contributed by atoms with Crippen LogP contribution in [0, 0.1) is 5.92 Å². The highest BCUT2D eigenvalue weighted by atomic mass is 16.5. The molecule has 1 aliphatic heterocycles. The second kappa shape index (κ2) is 8.23. The van der Waals surface area contributed by atoms with Gasteiger partial charge in [0.05, 0.1) is 14.2 Å². The van der Waals surface area contributed by atoms with E-state index >= 15 is 0 Å². The fraction of sp³-hybridized carbons (Fsp3) is 0.381. The van der Waals surface area contributed by atoms with Crippen molar-refractivity contribution in [2.24, 2.45) is 5.92 Å². The summed E-state index contributed by atoms with van der Waals surface area (Å²) in [5.41, 5.74) is 2.09. The lowest BCUT2D eigenvalue weighted by atomic mass is 9.91. The van der Waals surface area contributed by atoms with Crippen molar-refractivity contribution >= 4 is 5.91 Å². The van der Waals surface area contributed by atoms with Crippen molar-refractivity contribution in [1.82, 2.24) is 4.90 Å². The van der Waals surface area contributed by atoms with E-state index in [2.05, 4.69) is 0 Å². The van der Waals surface area contributed by atoms with Gasteiger partial charge in [-0.25, -0.2) is 0 Å². The first-order valence-corrected chi connectivity index (χ1v) is 8.81. The summed E-state index contributed by atoms with van der Waals surface area (Å²) in [4.78, 5) is 14.1. The van der Waals surface area contributed by atoms with Crippen LogP contribution in [0.4, 0.5) is 0 Å². The van der Waals surface area contributed by atoms with E-state index in [1.165, 1.54) is 0 Å². The maximum Gasteiger partial charge on any atom is 0.251 e. The lowest BCUT2D eigenvalue weighted by molar-refractivity contribution is -0.146. The molecule has 0 bridgehead atoms. The van der Waals surface area contributed by atoms with Gasteiger partial charge in [0.1, 0.15) is 17.6 Å². The summed E-state index contributed by atoms with van der Waals surface area (Å²) in [6.45, 7) is 1.34. The first-order valence-electron chi connectivity index (χ1n) is 8.81. The molecule has 1 atom stereocenters. The van der Waals surface area contributed by atoms with Gasteiger partial charge in [-0.15, -0.1) is 0 Å². The van der Waals surface area contributed by atoms with E-state index < -0.39 is 6.10 Å². The highest BCUT2D eigenvalue weighted by molar-refractivity contribution is 5.81. The maximum absolute atomic E-state index is 12.4. The van der Waals surface area contributed by atoms with Crippen molar-refractivity contribution in [3.8, 4) is 11.5 Å². The molecule has 0 radical (unpaired) electrons. The minimum Gasteiger partial charge on any atom is -0.497 e. The Labute approximate surface area is 154 Å². The van der Waals surface area contributed by atoms with Gasteiger partial charge < -0.3 is 19.5 Å². The van der Waals surface area contributed by atoms with Crippen LogP contribution in [0.15, 0.2) is 48.5 Å². The van der Waals surface area contributed by atoms with Gasteiger partial charge in [-0.3, -0.25) is 4.79 Å². The second-order valence-electron chi connectivity index (χ2n) is 6.74. The third kappa shape index (κ3) is 4.35. The first-order chi connectivity index (χ1) is 12.6. The molecule has 5 nitrogen and oxygen atoms in total. The van der Waals surface area contributed by atoms with Crippen molar-refractivity contribution in [2.45, 2.75) is 18.9 Å². The van der Waals surface area contributed by atoms with Crippen LogP contribution in [0.25, 0.3) is 0 Å². The molecular formula is C21H25NO4. The topological polar surface area (TPSA) is 59.0 Å². The molecule has 1 aliphatic rings. The molecule has 2 aromatic carbocycles. The molecule has 1 heterocycles. The van der Waals surface area contributed by atoms with Gasteiger partial charge in [0.2, 0.25) is 0 Å². The number of ether oxygens (including phenoxy) is 2. The molecule has 0 unspecified atom stereocenters. The number of rotatable bonds is 7. The van der Waals surface area contributed by atoms with Crippen molar-refractivity contribution in [3.63, 3.8) is 0 Å². The average Bonchev–Trinajstić information content (AvgIpc) is 2.64. The summed E-state index contributed by atoms with van der Waals surface area (Å²) in [5, 5.41) is 10.2. The zero-order valence-electron chi connectivity index (χ0n) is 15.2. The Balaban J connectivity index is 1.51. The lowest BCUT2D eigenvalue weighted by Gasteiger charge is -2.40. The Morgan fingerprint density at radius 3 is 2.27 bits per heavy atom. The standard InChI is InChI=1S/C21H25NO4/c1-25-18-9-16(10-19(12-18)26-2)8-17-13-22(14-17)21(24)20(23)11-15-6-4-3-5-7-15/h3-7,9-10,12,17,20,23H,8,11,13-14H2,1-2H3/t20-/m0/s1. The number of likely N-dealkylation sites (tertiary alicyclic amines) is 1. The van der Waals surface area contributed by atoms with Gasteiger partial charge in [-0.1, -0.05) is 30.3 Å². The van der Waals surface area contributed by atoms with Crippen LogP contribution < -0.4 is 9.47 Å². The minimum atomic E-state index is -0.977. The molecule has 0 saturated carbocycles. The van der Waals surface area contributed by atoms with Crippen molar-refractivity contribution in [1.29, 1.82) is 0 Å². The van der Waals surface area contributed by atoms with E-state index in [9.17, 15) is 9.90 Å². The number of benzene rings is 2. The fourth-order valence-electron chi connectivity index (χ4n) is 3.33. The molecule has 1 saturated heterocycles. The van der Waals surface area contributed by atoms with Gasteiger partial charge in [0.25, 0.3) is 5.91 Å². The Morgan fingerprint density at radius 1 is 1.08 bits per heavy atom. The first kappa shape index (κ1) is 18.3. The number of carbonyl (C=O) groups is 1. The molecule has 3 rings (SSSR count). The van der Waals surface area contributed by atoms with Gasteiger partial charge in [-0.2, -0.15) is 0 Å². The normalized spacial score (nSPS) is 15.3. The molecule has 2 aromatic rings. The molecule has 0 spiro atoms. The quantitative estimate of drug-likeness (QED) is 0.828. The second-order valence-corrected chi connectivity index (χ2v) is 6.74. The molecule has 138 valence electrons. The number of amides is 1. The van der Waals surface area contributed by atoms with E-state index in [4.69, 9.17) is 9.47 Å². The van der Waals surface area contributed by atoms with E-state index in [0.29, 0.717) is 25.4 Å². The van der Waals surface area contributed by atoms with E-state index in [0.717, 1.165) is 29.0 Å². The van der Waals surface area contributed by atoms with Crippen LogP contribution in [0.2, 0.25) is 0 Å². The SMILES string of the molecule is COc1cc(CC2CN(C(=O)[C@@H](O)Cc3ccccc3)C2)cc(OC)c1. The third-order valence-corrected chi connectivity index (χ3v) is 4.76.